The lowest BCUT2D eigenvalue weighted by atomic mass is 10.1. The number of aliphatic hydroxyl groups is 1. The Hall–Kier alpha value is -1.29. The van der Waals surface area contributed by atoms with E-state index in [1.807, 2.05) is 0 Å². The van der Waals surface area contributed by atoms with Crippen molar-refractivity contribution in [1.82, 2.24) is 0 Å². The first-order valence-corrected chi connectivity index (χ1v) is 6.78. The van der Waals surface area contributed by atoms with Crippen LogP contribution in [0.2, 0.25) is 10.0 Å². The fourth-order valence-corrected chi connectivity index (χ4v) is 2.13. The summed E-state index contributed by atoms with van der Waals surface area (Å²) in [7, 11) is 0. The molecule has 5 heteroatoms. The third-order valence-corrected chi connectivity index (χ3v) is 3.57. The zero-order valence-electron chi connectivity index (χ0n) is 10.7. The van der Waals surface area contributed by atoms with E-state index in [4.69, 9.17) is 27.9 Å². The lowest BCUT2D eigenvalue weighted by Crippen LogP contribution is -1.99. The van der Waals surface area contributed by atoms with Gasteiger partial charge in [0.05, 0.1) is 16.1 Å². The highest BCUT2D eigenvalue weighted by Gasteiger charge is 2.09. The standard InChI is InChI=1S/C15H13Cl2FO2/c1-9(19)10-5-6-14(12(16)7-10)20-8-11-3-2-4-13(18)15(11)17/h2-7,9,19H,8H2,1H3/t9-/m1/s1. The minimum atomic E-state index is -0.598. The van der Waals surface area contributed by atoms with E-state index in [0.29, 0.717) is 21.9 Å². The third kappa shape index (κ3) is 3.42. The smallest absolute Gasteiger partial charge is 0.142 e. The Kier molecular flexibility index (Phi) is 4.86. The number of hydrogen-bond acceptors (Lipinski definition) is 2. The summed E-state index contributed by atoms with van der Waals surface area (Å²) < 4.78 is 18.8. The maximum atomic E-state index is 13.3. The van der Waals surface area contributed by atoms with Crippen molar-refractivity contribution in [1.29, 1.82) is 0 Å². The van der Waals surface area contributed by atoms with Crippen molar-refractivity contribution in [2.75, 3.05) is 0 Å². The van der Waals surface area contributed by atoms with Gasteiger partial charge in [-0.15, -0.1) is 0 Å². The van der Waals surface area contributed by atoms with E-state index >= 15 is 0 Å². The maximum Gasteiger partial charge on any atom is 0.142 e. The summed E-state index contributed by atoms with van der Waals surface area (Å²) >= 11 is 11.9. The summed E-state index contributed by atoms with van der Waals surface area (Å²) in [5, 5.41) is 9.89. The lowest BCUT2D eigenvalue weighted by molar-refractivity contribution is 0.199. The Bertz CT molecular complexity index is 615. The van der Waals surface area contributed by atoms with Gasteiger partial charge >= 0.3 is 0 Å². The van der Waals surface area contributed by atoms with E-state index < -0.39 is 11.9 Å². The van der Waals surface area contributed by atoms with E-state index in [9.17, 15) is 9.50 Å². The molecule has 0 saturated carbocycles. The normalized spacial score (nSPS) is 12.2. The minimum Gasteiger partial charge on any atom is -0.487 e. The molecule has 0 bridgehead atoms. The van der Waals surface area contributed by atoms with Gasteiger partial charge < -0.3 is 9.84 Å². The Labute approximate surface area is 126 Å². The first kappa shape index (κ1) is 15.1. The maximum absolute atomic E-state index is 13.3. The monoisotopic (exact) mass is 314 g/mol. The molecule has 2 aromatic rings. The largest absolute Gasteiger partial charge is 0.487 e. The van der Waals surface area contributed by atoms with Gasteiger partial charge in [0.25, 0.3) is 0 Å². The minimum absolute atomic E-state index is 0.0456. The summed E-state index contributed by atoms with van der Waals surface area (Å²) in [5.41, 5.74) is 1.24. The van der Waals surface area contributed by atoms with Crippen molar-refractivity contribution in [3.05, 3.63) is 63.4 Å². The van der Waals surface area contributed by atoms with Crippen molar-refractivity contribution in [2.24, 2.45) is 0 Å². The topological polar surface area (TPSA) is 29.5 Å². The number of rotatable bonds is 4. The predicted molar refractivity (Wildman–Crippen MR) is 77.8 cm³/mol. The van der Waals surface area contributed by atoms with Crippen molar-refractivity contribution in [3.8, 4) is 5.75 Å². The van der Waals surface area contributed by atoms with Gasteiger partial charge in [-0.3, -0.25) is 0 Å². The van der Waals surface area contributed by atoms with Crippen molar-refractivity contribution in [3.63, 3.8) is 0 Å². The van der Waals surface area contributed by atoms with Crippen LogP contribution in [0, 0.1) is 5.82 Å². The van der Waals surface area contributed by atoms with Gasteiger partial charge in [0.15, 0.2) is 0 Å². The lowest BCUT2D eigenvalue weighted by Gasteiger charge is -2.11. The Morgan fingerprint density at radius 2 is 2.00 bits per heavy atom. The van der Waals surface area contributed by atoms with Crippen LogP contribution in [0.1, 0.15) is 24.2 Å². The second-order valence-electron chi connectivity index (χ2n) is 4.37. The van der Waals surface area contributed by atoms with Gasteiger partial charge in [0.1, 0.15) is 18.2 Å². The zero-order valence-corrected chi connectivity index (χ0v) is 12.2. The highest BCUT2D eigenvalue weighted by Crippen LogP contribution is 2.29. The van der Waals surface area contributed by atoms with Crippen LogP contribution in [0.4, 0.5) is 4.39 Å². The molecular formula is C15H13Cl2FO2. The second-order valence-corrected chi connectivity index (χ2v) is 5.15. The molecular weight excluding hydrogens is 302 g/mol. The average molecular weight is 315 g/mol. The van der Waals surface area contributed by atoms with Gasteiger partial charge in [0, 0.05) is 5.56 Å². The molecule has 0 aliphatic heterocycles. The van der Waals surface area contributed by atoms with Crippen LogP contribution in [-0.2, 0) is 6.61 Å². The summed E-state index contributed by atoms with van der Waals surface area (Å²) in [6.07, 6.45) is -0.598. The Morgan fingerprint density at radius 1 is 1.25 bits per heavy atom. The van der Waals surface area contributed by atoms with Crippen molar-refractivity contribution >= 4 is 23.2 Å². The molecule has 0 aliphatic carbocycles. The summed E-state index contributed by atoms with van der Waals surface area (Å²) in [6.45, 7) is 1.77. The predicted octanol–water partition coefficient (Wildman–Crippen LogP) is 4.76. The second kappa shape index (κ2) is 6.44. The highest BCUT2D eigenvalue weighted by atomic mass is 35.5. The number of ether oxygens (including phenoxy) is 1. The van der Waals surface area contributed by atoms with E-state index in [-0.39, 0.29) is 11.6 Å². The Balaban J connectivity index is 2.13. The summed E-state index contributed by atoms with van der Waals surface area (Å²) in [6, 6.07) is 9.56. The van der Waals surface area contributed by atoms with Crippen LogP contribution in [0.5, 0.6) is 5.75 Å². The van der Waals surface area contributed by atoms with Crippen LogP contribution in [-0.4, -0.2) is 5.11 Å². The molecule has 1 atom stereocenters. The molecule has 2 nitrogen and oxygen atoms in total. The Morgan fingerprint density at radius 3 is 2.65 bits per heavy atom. The van der Waals surface area contributed by atoms with Crippen molar-refractivity contribution in [2.45, 2.75) is 19.6 Å². The molecule has 0 spiro atoms. The van der Waals surface area contributed by atoms with E-state index in [0.717, 1.165) is 0 Å². The molecule has 1 N–H and O–H groups in total. The molecule has 2 aromatic carbocycles. The van der Waals surface area contributed by atoms with Gasteiger partial charge in [-0.25, -0.2) is 4.39 Å². The average Bonchev–Trinajstić information content (AvgIpc) is 2.41. The quantitative estimate of drug-likeness (QED) is 0.881. The SMILES string of the molecule is C[C@@H](O)c1ccc(OCc2cccc(F)c2Cl)c(Cl)c1. The number of benzene rings is 2. The molecule has 0 aliphatic rings. The van der Waals surface area contributed by atoms with E-state index in [1.54, 1.807) is 37.3 Å². The summed E-state index contributed by atoms with van der Waals surface area (Å²) in [5.74, 6) is -0.0280. The molecule has 0 aromatic heterocycles. The summed E-state index contributed by atoms with van der Waals surface area (Å²) in [4.78, 5) is 0. The van der Waals surface area contributed by atoms with E-state index in [1.165, 1.54) is 6.07 Å². The first-order valence-electron chi connectivity index (χ1n) is 6.02. The van der Waals surface area contributed by atoms with Crippen LogP contribution < -0.4 is 4.74 Å². The fraction of sp³-hybridized carbons (Fsp3) is 0.200. The molecule has 0 saturated heterocycles. The first-order chi connectivity index (χ1) is 9.49. The number of halogens is 3. The number of hydrogen-bond donors (Lipinski definition) is 1. The van der Waals surface area contributed by atoms with Crippen LogP contribution in [0.15, 0.2) is 36.4 Å². The molecule has 2 rings (SSSR count). The fourth-order valence-electron chi connectivity index (χ4n) is 1.71. The zero-order chi connectivity index (χ0) is 14.7. The molecule has 0 radical (unpaired) electrons. The van der Waals surface area contributed by atoms with E-state index in [2.05, 4.69) is 0 Å². The van der Waals surface area contributed by atoms with Gasteiger partial charge in [-0.05, 0) is 30.7 Å². The van der Waals surface area contributed by atoms with Crippen LogP contribution in [0.3, 0.4) is 0 Å². The van der Waals surface area contributed by atoms with Gasteiger partial charge in [0.2, 0.25) is 0 Å². The molecule has 0 heterocycles. The molecule has 0 amide bonds. The van der Waals surface area contributed by atoms with Crippen molar-refractivity contribution < 1.29 is 14.2 Å². The molecule has 20 heavy (non-hydrogen) atoms. The molecule has 0 fully saturated rings. The highest BCUT2D eigenvalue weighted by molar-refractivity contribution is 6.32. The third-order valence-electron chi connectivity index (χ3n) is 2.85. The number of aliphatic hydroxyl groups excluding tert-OH is 1. The van der Waals surface area contributed by atoms with Gasteiger partial charge in [-0.2, -0.15) is 0 Å². The molecule has 106 valence electrons. The van der Waals surface area contributed by atoms with Crippen LogP contribution in [0.25, 0.3) is 0 Å². The van der Waals surface area contributed by atoms with Crippen LogP contribution >= 0.6 is 23.2 Å². The van der Waals surface area contributed by atoms with Gasteiger partial charge in [-0.1, -0.05) is 41.4 Å². The molecule has 0 unspecified atom stereocenters.